The first kappa shape index (κ1) is 23.0. The molecule has 1 aromatic heterocycles. The van der Waals surface area contributed by atoms with E-state index in [1.54, 1.807) is 17.0 Å². The molecule has 1 saturated heterocycles. The molecule has 3 rings (SSSR count). The van der Waals surface area contributed by atoms with Gasteiger partial charge in [-0.25, -0.2) is 19.0 Å². The molecule has 0 saturated carbocycles. The van der Waals surface area contributed by atoms with Crippen LogP contribution >= 0.6 is 0 Å². The number of piperazine rings is 1. The third-order valence-electron chi connectivity index (χ3n) is 4.82. The molecule has 32 heavy (non-hydrogen) atoms. The molecule has 0 spiro atoms. The highest BCUT2D eigenvalue weighted by Crippen LogP contribution is 2.18. The zero-order valence-electron chi connectivity index (χ0n) is 17.8. The Morgan fingerprint density at radius 2 is 1.91 bits per heavy atom. The van der Waals surface area contributed by atoms with Crippen molar-refractivity contribution in [2.45, 2.75) is 19.9 Å². The van der Waals surface area contributed by atoms with Crippen molar-refractivity contribution in [2.24, 2.45) is 0 Å². The number of aromatic nitrogens is 1. The summed E-state index contributed by atoms with van der Waals surface area (Å²) in [6, 6.07) is 8.76. The molecule has 2 heterocycles. The van der Waals surface area contributed by atoms with Gasteiger partial charge in [0.2, 0.25) is 0 Å². The molecule has 0 radical (unpaired) electrons. The summed E-state index contributed by atoms with van der Waals surface area (Å²) in [7, 11) is 0. The molecule has 1 fully saturated rings. The van der Waals surface area contributed by atoms with Gasteiger partial charge in [-0.2, -0.15) is 5.26 Å². The van der Waals surface area contributed by atoms with Crippen LogP contribution in [0.5, 0.6) is 0 Å². The van der Waals surface area contributed by atoms with Gasteiger partial charge < -0.3 is 20.3 Å². The van der Waals surface area contributed by atoms with E-state index in [0.29, 0.717) is 56.3 Å². The van der Waals surface area contributed by atoms with Crippen LogP contribution in [0.4, 0.5) is 25.4 Å². The molecule has 2 aromatic rings. The van der Waals surface area contributed by atoms with Crippen molar-refractivity contribution in [2.75, 3.05) is 43.4 Å². The Labute approximate surface area is 185 Å². The summed E-state index contributed by atoms with van der Waals surface area (Å²) in [6.45, 7) is 5.23. The average molecular weight is 440 g/mol. The van der Waals surface area contributed by atoms with Crippen LogP contribution in [0.3, 0.4) is 0 Å². The van der Waals surface area contributed by atoms with Gasteiger partial charge in [-0.15, -0.1) is 0 Å². The summed E-state index contributed by atoms with van der Waals surface area (Å²) in [5.74, 6) is -0.459. The topological polar surface area (TPSA) is 111 Å². The summed E-state index contributed by atoms with van der Waals surface area (Å²) < 4.78 is 19.3. The number of amides is 3. The van der Waals surface area contributed by atoms with E-state index >= 15 is 0 Å². The number of nitrogens with zero attached hydrogens (tertiary/aromatic N) is 4. The molecular formula is C22H25FN6O3. The normalized spacial score (nSPS) is 13.8. The average Bonchev–Trinajstić information content (AvgIpc) is 2.78. The van der Waals surface area contributed by atoms with Gasteiger partial charge in [-0.3, -0.25) is 4.90 Å². The summed E-state index contributed by atoms with van der Waals surface area (Å²) in [5, 5.41) is 14.0. The van der Waals surface area contributed by atoms with Crippen LogP contribution in [0.25, 0.3) is 0 Å². The van der Waals surface area contributed by atoms with Crippen molar-refractivity contribution in [3.05, 3.63) is 53.6 Å². The van der Waals surface area contributed by atoms with E-state index in [1.807, 2.05) is 13.0 Å². The van der Waals surface area contributed by atoms with E-state index in [-0.39, 0.29) is 11.8 Å². The van der Waals surface area contributed by atoms with Crippen molar-refractivity contribution in [1.29, 1.82) is 5.26 Å². The standard InChI is InChI=1S/C22H25FN6O3/c1-2-9-32-22(31)29-7-5-28(6-8-29)15-16-10-17(23)12-20(11-16)27-21(30)26-19-4-3-18(13-24)25-14-19/h3-4,10-12,14H,2,5-9,15H2,1H3,(H2,26,27,30). The highest BCUT2D eigenvalue weighted by Gasteiger charge is 2.22. The fourth-order valence-electron chi connectivity index (χ4n) is 3.27. The second-order valence-corrected chi connectivity index (χ2v) is 7.35. The van der Waals surface area contributed by atoms with Gasteiger partial charge in [0, 0.05) is 38.4 Å². The SMILES string of the molecule is CCCOC(=O)N1CCN(Cc2cc(F)cc(NC(=O)Nc3ccc(C#N)nc3)c2)CC1. The number of hydrogen-bond donors (Lipinski definition) is 2. The maximum absolute atomic E-state index is 14.1. The van der Waals surface area contributed by atoms with E-state index in [4.69, 9.17) is 10.00 Å². The first-order valence-electron chi connectivity index (χ1n) is 10.3. The van der Waals surface area contributed by atoms with Gasteiger partial charge in [0.15, 0.2) is 0 Å². The number of halogens is 1. The van der Waals surface area contributed by atoms with Crippen LogP contribution in [0.2, 0.25) is 0 Å². The van der Waals surface area contributed by atoms with Crippen molar-refractivity contribution >= 4 is 23.5 Å². The van der Waals surface area contributed by atoms with E-state index in [2.05, 4.69) is 20.5 Å². The summed E-state index contributed by atoms with van der Waals surface area (Å²) in [6.07, 6.45) is 1.85. The number of rotatable bonds is 6. The van der Waals surface area contributed by atoms with E-state index in [9.17, 15) is 14.0 Å². The number of carbonyl (C=O) groups excluding carboxylic acids is 2. The number of pyridine rings is 1. The van der Waals surface area contributed by atoms with Gasteiger partial charge in [0.05, 0.1) is 18.5 Å². The molecule has 0 bridgehead atoms. The Morgan fingerprint density at radius 3 is 2.56 bits per heavy atom. The van der Waals surface area contributed by atoms with E-state index < -0.39 is 11.8 Å². The van der Waals surface area contributed by atoms with Crippen LogP contribution in [0.15, 0.2) is 36.5 Å². The molecule has 1 aliphatic rings. The minimum Gasteiger partial charge on any atom is -0.449 e. The molecule has 2 N–H and O–H groups in total. The predicted molar refractivity (Wildman–Crippen MR) is 116 cm³/mol. The second-order valence-electron chi connectivity index (χ2n) is 7.35. The third-order valence-corrected chi connectivity index (χ3v) is 4.82. The lowest BCUT2D eigenvalue weighted by Crippen LogP contribution is -2.48. The zero-order chi connectivity index (χ0) is 22.9. The predicted octanol–water partition coefficient (Wildman–Crippen LogP) is 3.40. The number of carbonyl (C=O) groups is 2. The van der Waals surface area contributed by atoms with Crippen molar-refractivity contribution < 1.29 is 18.7 Å². The van der Waals surface area contributed by atoms with Gasteiger partial charge in [-0.05, 0) is 42.3 Å². The molecule has 10 heteroatoms. The maximum Gasteiger partial charge on any atom is 0.409 e. The quantitative estimate of drug-likeness (QED) is 0.712. The fourth-order valence-corrected chi connectivity index (χ4v) is 3.27. The van der Waals surface area contributed by atoms with E-state index in [0.717, 1.165) is 6.42 Å². The number of ether oxygens (including phenoxy) is 1. The van der Waals surface area contributed by atoms with Gasteiger partial charge in [-0.1, -0.05) is 6.92 Å². The maximum atomic E-state index is 14.1. The summed E-state index contributed by atoms with van der Waals surface area (Å²) >= 11 is 0. The largest absolute Gasteiger partial charge is 0.449 e. The number of nitriles is 1. The number of nitrogens with one attached hydrogen (secondary N) is 2. The van der Waals surface area contributed by atoms with Crippen LogP contribution in [-0.2, 0) is 11.3 Å². The Morgan fingerprint density at radius 1 is 1.16 bits per heavy atom. The van der Waals surface area contributed by atoms with Gasteiger partial charge in [0.25, 0.3) is 0 Å². The lowest BCUT2D eigenvalue weighted by Gasteiger charge is -2.34. The van der Waals surface area contributed by atoms with E-state index in [1.165, 1.54) is 24.4 Å². The minimum atomic E-state index is -0.549. The molecule has 1 aromatic carbocycles. The second kappa shape index (κ2) is 11.1. The molecule has 0 atom stereocenters. The van der Waals surface area contributed by atoms with Crippen LogP contribution < -0.4 is 10.6 Å². The zero-order valence-corrected chi connectivity index (χ0v) is 17.8. The monoisotopic (exact) mass is 440 g/mol. The van der Waals surface area contributed by atoms with Crippen LogP contribution in [0, 0.1) is 17.1 Å². The molecule has 3 amide bonds. The third kappa shape index (κ3) is 6.65. The first-order valence-corrected chi connectivity index (χ1v) is 10.3. The Kier molecular flexibility index (Phi) is 7.94. The number of hydrogen-bond acceptors (Lipinski definition) is 6. The number of anilines is 2. The first-order chi connectivity index (χ1) is 15.5. The van der Waals surface area contributed by atoms with Crippen molar-refractivity contribution in [1.82, 2.24) is 14.8 Å². The summed E-state index contributed by atoms with van der Waals surface area (Å²) in [4.78, 5) is 31.8. The Balaban J connectivity index is 1.53. The highest BCUT2D eigenvalue weighted by molar-refractivity contribution is 5.99. The Hall–Kier alpha value is -3.71. The van der Waals surface area contributed by atoms with Crippen molar-refractivity contribution in [3.8, 4) is 6.07 Å². The number of urea groups is 1. The lowest BCUT2D eigenvalue weighted by atomic mass is 10.1. The van der Waals surface area contributed by atoms with Crippen molar-refractivity contribution in [3.63, 3.8) is 0 Å². The minimum absolute atomic E-state index is 0.240. The fraction of sp³-hybridized carbons (Fsp3) is 0.364. The molecule has 1 aliphatic heterocycles. The highest BCUT2D eigenvalue weighted by atomic mass is 19.1. The Bertz CT molecular complexity index is 984. The van der Waals surface area contributed by atoms with Gasteiger partial charge in [0.1, 0.15) is 17.6 Å². The molecule has 9 nitrogen and oxygen atoms in total. The molecule has 168 valence electrons. The van der Waals surface area contributed by atoms with Crippen LogP contribution in [0.1, 0.15) is 24.6 Å². The van der Waals surface area contributed by atoms with Gasteiger partial charge >= 0.3 is 12.1 Å². The number of benzene rings is 1. The molecule has 0 aliphatic carbocycles. The smallest absolute Gasteiger partial charge is 0.409 e. The molecule has 0 unspecified atom stereocenters. The molecular weight excluding hydrogens is 415 g/mol. The van der Waals surface area contributed by atoms with Crippen LogP contribution in [-0.4, -0.2) is 59.7 Å². The lowest BCUT2D eigenvalue weighted by molar-refractivity contribution is 0.0746. The summed E-state index contributed by atoms with van der Waals surface area (Å²) in [5.41, 5.74) is 1.68.